The van der Waals surface area contributed by atoms with E-state index < -0.39 is 23.4 Å². The van der Waals surface area contributed by atoms with Gasteiger partial charge in [-0.05, 0) is 104 Å². The zero-order chi connectivity index (χ0) is 38.5. The number of ether oxygens (including phenoxy) is 1. The summed E-state index contributed by atoms with van der Waals surface area (Å²) >= 11 is 3.51. The molecule has 0 saturated carbocycles. The number of esters is 1. The Bertz CT molecular complexity index is 2480. The van der Waals surface area contributed by atoms with E-state index in [1.807, 2.05) is 48.4 Å². The minimum absolute atomic E-state index is 0. The van der Waals surface area contributed by atoms with Crippen LogP contribution in [0.25, 0.3) is 39.0 Å². The number of carboxylic acid groups (broad SMARTS) is 1. The molecule has 274 valence electrons. The molecule has 0 aliphatic carbocycles. The van der Waals surface area contributed by atoms with Crippen molar-refractivity contribution in [3.63, 3.8) is 0 Å². The number of halogens is 3. The predicted octanol–water partition coefficient (Wildman–Crippen LogP) is 5.40. The normalized spacial score (nSPS) is 14.5. The Labute approximate surface area is 346 Å². The molecule has 9 nitrogen and oxygen atoms in total. The zero-order valence-electron chi connectivity index (χ0n) is 30.8. The summed E-state index contributed by atoms with van der Waals surface area (Å²) in [6.45, 7) is 7.78. The molecule has 0 radical (unpaired) electrons. The van der Waals surface area contributed by atoms with Gasteiger partial charge in [0.1, 0.15) is 23.6 Å². The van der Waals surface area contributed by atoms with Crippen molar-refractivity contribution >= 4 is 44.7 Å². The molecule has 1 atom stereocenters. The summed E-state index contributed by atoms with van der Waals surface area (Å²) in [6.07, 6.45) is 3.32. The van der Waals surface area contributed by atoms with E-state index >= 15 is 0 Å². The van der Waals surface area contributed by atoms with Crippen molar-refractivity contribution in [2.75, 3.05) is 6.54 Å². The standard InChI is InChI=1S/C23H15F2NO2.C19H20BrN3O3.Na/c1-13-21(23(27)28)18-12-16(24)10-11-20(18)26-22(13)15-8-6-14(7-9-15)17-4-2-3-5-19(17)25;1-19(2,3)26-18(25)15-16-13-8-5-9-22(13)17(24)14-11(20)6-4-7-12(14)23(16)10-21-15;/h2-12H,1H3,(H,27,28);4,6-7,10,13H,5,8-9H2,1-3H3;/q;;+1/p-1/t;13-;/m.0./s1. The second-order valence-electron chi connectivity index (χ2n) is 14.1. The third-order valence-electron chi connectivity index (χ3n) is 9.43. The summed E-state index contributed by atoms with van der Waals surface area (Å²) in [5.41, 5.74) is 4.72. The number of aromatic carboxylic acids is 1. The van der Waals surface area contributed by atoms with Crippen LogP contribution in [0.15, 0.2) is 95.7 Å². The van der Waals surface area contributed by atoms with E-state index in [0.717, 1.165) is 34.8 Å². The van der Waals surface area contributed by atoms with E-state index in [4.69, 9.17) is 4.74 Å². The molecule has 2 aliphatic heterocycles. The second kappa shape index (κ2) is 15.8. The van der Waals surface area contributed by atoms with Crippen molar-refractivity contribution in [2.24, 2.45) is 0 Å². The Kier molecular flexibility index (Phi) is 11.5. The number of pyridine rings is 1. The first kappa shape index (κ1) is 39.9. The number of hydrogen-bond acceptors (Lipinski definition) is 7. The van der Waals surface area contributed by atoms with E-state index in [-0.39, 0.29) is 64.0 Å². The van der Waals surface area contributed by atoms with Crippen LogP contribution in [0.2, 0.25) is 0 Å². The molecule has 13 heteroatoms. The topological polar surface area (TPSA) is 117 Å². The molecule has 1 fully saturated rings. The first-order valence-electron chi connectivity index (χ1n) is 17.3. The van der Waals surface area contributed by atoms with Crippen LogP contribution in [0.1, 0.15) is 82.1 Å². The quantitative estimate of drug-likeness (QED) is 0.173. The number of hydrogen-bond donors (Lipinski definition) is 0. The van der Waals surface area contributed by atoms with Gasteiger partial charge in [0, 0.05) is 33.1 Å². The molecule has 0 spiro atoms. The molecule has 55 heavy (non-hydrogen) atoms. The van der Waals surface area contributed by atoms with Crippen LogP contribution >= 0.6 is 15.9 Å². The van der Waals surface area contributed by atoms with Crippen LogP contribution < -0.4 is 34.7 Å². The van der Waals surface area contributed by atoms with Crippen molar-refractivity contribution in [1.82, 2.24) is 19.4 Å². The third-order valence-corrected chi connectivity index (χ3v) is 10.1. The summed E-state index contributed by atoms with van der Waals surface area (Å²) in [4.78, 5) is 48.3. The number of carboxylic acids is 1. The second-order valence-corrected chi connectivity index (χ2v) is 15.0. The number of carbonyl (C=O) groups is 3. The van der Waals surface area contributed by atoms with Gasteiger partial charge in [0.15, 0.2) is 5.69 Å². The van der Waals surface area contributed by atoms with E-state index in [0.29, 0.717) is 45.6 Å². The van der Waals surface area contributed by atoms with Gasteiger partial charge in [0.2, 0.25) is 0 Å². The molecule has 4 aromatic carbocycles. The van der Waals surface area contributed by atoms with Gasteiger partial charge >= 0.3 is 35.5 Å². The van der Waals surface area contributed by atoms with E-state index in [1.165, 1.54) is 18.2 Å². The van der Waals surface area contributed by atoms with Crippen molar-refractivity contribution in [2.45, 2.75) is 52.2 Å². The Morgan fingerprint density at radius 3 is 2.36 bits per heavy atom. The van der Waals surface area contributed by atoms with Crippen LogP contribution in [-0.4, -0.2) is 49.4 Å². The zero-order valence-corrected chi connectivity index (χ0v) is 34.4. The number of benzene rings is 4. The first-order chi connectivity index (χ1) is 25.7. The van der Waals surface area contributed by atoms with Crippen LogP contribution in [0, 0.1) is 18.6 Å². The van der Waals surface area contributed by atoms with Crippen LogP contribution in [0.5, 0.6) is 0 Å². The molecule has 1 amide bonds. The average Bonchev–Trinajstić information content (AvgIpc) is 3.77. The summed E-state index contributed by atoms with van der Waals surface area (Å²) in [6, 6.07) is 22.7. The average molecular weight is 816 g/mol. The van der Waals surface area contributed by atoms with E-state index in [2.05, 4.69) is 25.9 Å². The fourth-order valence-electron chi connectivity index (χ4n) is 7.09. The monoisotopic (exact) mass is 814 g/mol. The number of aromatic nitrogens is 3. The molecule has 2 aromatic heterocycles. The minimum Gasteiger partial charge on any atom is -0.545 e. The summed E-state index contributed by atoms with van der Waals surface area (Å²) in [5.74, 6) is -2.73. The van der Waals surface area contributed by atoms with Gasteiger partial charge in [-0.1, -0.05) is 48.5 Å². The molecular formula is C42H34BrF2N4NaO5. The third kappa shape index (κ3) is 7.73. The molecule has 4 heterocycles. The number of fused-ring (bicyclic) bond motifs is 6. The van der Waals surface area contributed by atoms with Crippen LogP contribution in [-0.2, 0) is 4.74 Å². The fourth-order valence-corrected chi connectivity index (χ4v) is 7.62. The van der Waals surface area contributed by atoms with Crippen LogP contribution in [0.3, 0.4) is 0 Å². The number of nitrogens with zero attached hydrogens (tertiary/aromatic N) is 4. The van der Waals surface area contributed by atoms with Crippen molar-refractivity contribution < 1.29 is 62.6 Å². The van der Waals surface area contributed by atoms with Gasteiger partial charge in [-0.2, -0.15) is 0 Å². The Morgan fingerprint density at radius 1 is 0.964 bits per heavy atom. The molecule has 0 N–H and O–H groups in total. The van der Waals surface area contributed by atoms with Gasteiger partial charge in [0.05, 0.1) is 40.2 Å². The summed E-state index contributed by atoms with van der Waals surface area (Å²) < 4.78 is 35.8. The number of imidazole rings is 1. The molecule has 0 unspecified atom stereocenters. The molecular weight excluding hydrogens is 781 g/mol. The molecule has 1 saturated heterocycles. The number of rotatable bonds is 4. The van der Waals surface area contributed by atoms with Gasteiger partial charge in [-0.25, -0.2) is 23.5 Å². The molecule has 2 aliphatic rings. The fraction of sp³-hybridized carbons (Fsp3) is 0.214. The number of amides is 1. The summed E-state index contributed by atoms with van der Waals surface area (Å²) in [7, 11) is 0. The molecule has 0 bridgehead atoms. The van der Waals surface area contributed by atoms with Crippen molar-refractivity contribution in [3.8, 4) is 28.1 Å². The summed E-state index contributed by atoms with van der Waals surface area (Å²) in [5, 5.41) is 11.9. The minimum atomic E-state index is -1.39. The van der Waals surface area contributed by atoms with Gasteiger partial charge in [-0.15, -0.1) is 0 Å². The van der Waals surface area contributed by atoms with E-state index in [1.54, 1.807) is 55.7 Å². The predicted molar refractivity (Wildman–Crippen MR) is 201 cm³/mol. The Balaban J connectivity index is 0.000000184. The Morgan fingerprint density at radius 2 is 1.67 bits per heavy atom. The number of carbonyl (C=O) groups excluding carboxylic acids is 3. The smallest absolute Gasteiger partial charge is 0.545 e. The maximum atomic E-state index is 14.0. The largest absolute Gasteiger partial charge is 1.00 e. The Hall–Kier alpha value is -4.75. The van der Waals surface area contributed by atoms with Gasteiger partial charge in [0.25, 0.3) is 5.91 Å². The maximum absolute atomic E-state index is 14.0. The van der Waals surface area contributed by atoms with Crippen molar-refractivity contribution in [1.29, 1.82) is 0 Å². The van der Waals surface area contributed by atoms with Gasteiger partial charge in [-0.3, -0.25) is 9.36 Å². The molecule has 6 aromatic rings. The maximum Gasteiger partial charge on any atom is 1.00 e. The van der Waals surface area contributed by atoms with Crippen LogP contribution in [0.4, 0.5) is 8.78 Å². The SMILES string of the molecule is CC(C)(C)OC(=O)c1ncn2c1[C@@H]1CCCN1C(=O)c1c(Br)cccc1-2.Cc1c(-c2ccc(-c3ccccc3F)cc2)nc2ccc(F)cc2c1C(=O)[O-].[Na+]. The molecule has 8 rings (SSSR count). The van der Waals surface area contributed by atoms with E-state index in [9.17, 15) is 28.3 Å². The first-order valence-corrected chi connectivity index (χ1v) is 18.1. The van der Waals surface area contributed by atoms with Crippen molar-refractivity contribution in [3.05, 3.63) is 135 Å². The van der Waals surface area contributed by atoms with Gasteiger partial charge < -0.3 is 19.5 Å².